The molecule has 0 radical (unpaired) electrons. The van der Waals surface area contributed by atoms with Crippen LogP contribution in [0.2, 0.25) is 15.1 Å². The number of phenols is 1. The predicted octanol–water partition coefficient (Wildman–Crippen LogP) is 5.97. The summed E-state index contributed by atoms with van der Waals surface area (Å²) >= 11 is 18.1. The Labute approximate surface area is 194 Å². The molecule has 0 aromatic heterocycles. The summed E-state index contributed by atoms with van der Waals surface area (Å²) in [7, 11) is 0. The zero-order chi connectivity index (χ0) is 22.0. The van der Waals surface area contributed by atoms with E-state index in [0.717, 1.165) is 0 Å². The van der Waals surface area contributed by atoms with Gasteiger partial charge in [-0.2, -0.15) is 0 Å². The second kappa shape index (κ2) is 9.37. The van der Waals surface area contributed by atoms with Gasteiger partial charge in [0.15, 0.2) is 6.23 Å². The Bertz CT molecular complexity index is 1090. The van der Waals surface area contributed by atoms with Crippen LogP contribution in [-0.4, -0.2) is 35.2 Å². The maximum absolute atomic E-state index is 13.2. The summed E-state index contributed by atoms with van der Waals surface area (Å²) in [5.41, 5.74) is 0.864. The van der Waals surface area contributed by atoms with E-state index in [-0.39, 0.29) is 30.4 Å². The van der Waals surface area contributed by atoms with Crippen LogP contribution in [0.15, 0.2) is 66.7 Å². The van der Waals surface area contributed by atoms with Crippen LogP contribution in [0.3, 0.4) is 0 Å². The third kappa shape index (κ3) is 4.91. The van der Waals surface area contributed by atoms with Crippen LogP contribution in [-0.2, 0) is 4.74 Å². The number of phenolic OH excluding ortho intramolecular Hbond substituents is 1. The molecule has 1 amide bonds. The van der Waals surface area contributed by atoms with Gasteiger partial charge in [0.2, 0.25) is 0 Å². The number of amides is 1. The molecule has 8 heteroatoms. The van der Waals surface area contributed by atoms with Gasteiger partial charge in [0.1, 0.15) is 24.2 Å². The van der Waals surface area contributed by atoms with Gasteiger partial charge in [-0.1, -0.05) is 53.0 Å². The van der Waals surface area contributed by atoms with Gasteiger partial charge in [0.25, 0.3) is 5.91 Å². The molecule has 31 heavy (non-hydrogen) atoms. The molecule has 3 aromatic carbocycles. The Kier molecular flexibility index (Phi) is 6.58. The van der Waals surface area contributed by atoms with Crippen LogP contribution < -0.4 is 4.74 Å². The van der Waals surface area contributed by atoms with E-state index >= 15 is 0 Å². The minimum absolute atomic E-state index is 0.0961. The van der Waals surface area contributed by atoms with Gasteiger partial charge in [-0.15, -0.1) is 0 Å². The van der Waals surface area contributed by atoms with Gasteiger partial charge >= 0.3 is 0 Å². The first-order valence-corrected chi connectivity index (χ1v) is 10.6. The molecule has 0 saturated carbocycles. The van der Waals surface area contributed by atoms with Crippen LogP contribution >= 0.6 is 34.8 Å². The van der Waals surface area contributed by atoms with E-state index in [1.54, 1.807) is 65.6 Å². The molecular formula is C23H18Cl3NO4. The van der Waals surface area contributed by atoms with Gasteiger partial charge in [-0.3, -0.25) is 4.79 Å². The largest absolute Gasteiger partial charge is 0.507 e. The van der Waals surface area contributed by atoms with Crippen molar-refractivity contribution >= 4 is 40.7 Å². The number of carbonyl (C=O) groups is 1. The van der Waals surface area contributed by atoms with Crippen LogP contribution in [0.4, 0.5) is 0 Å². The number of rotatable bonds is 5. The molecule has 1 unspecified atom stereocenters. The average molecular weight is 479 g/mol. The van der Waals surface area contributed by atoms with E-state index in [0.29, 0.717) is 26.4 Å². The van der Waals surface area contributed by atoms with E-state index in [9.17, 15) is 9.90 Å². The Balaban J connectivity index is 1.58. The number of hydrogen-bond donors (Lipinski definition) is 1. The minimum Gasteiger partial charge on any atom is -0.507 e. The van der Waals surface area contributed by atoms with Gasteiger partial charge < -0.3 is 19.5 Å². The quantitative estimate of drug-likeness (QED) is 0.491. The number of aromatic hydroxyl groups is 1. The summed E-state index contributed by atoms with van der Waals surface area (Å²) in [4.78, 5) is 14.8. The number of halogens is 3. The number of benzene rings is 3. The lowest BCUT2D eigenvalue weighted by molar-refractivity contribution is -0.0119. The third-order valence-corrected chi connectivity index (χ3v) is 5.87. The summed E-state index contributed by atoms with van der Waals surface area (Å²) in [6.07, 6.45) is -1.11. The summed E-state index contributed by atoms with van der Waals surface area (Å²) in [5, 5.41) is 11.5. The fourth-order valence-electron chi connectivity index (χ4n) is 3.35. The lowest BCUT2D eigenvalue weighted by atomic mass is 10.1. The molecule has 1 fully saturated rings. The van der Waals surface area contributed by atoms with Crippen LogP contribution in [0, 0.1) is 0 Å². The maximum atomic E-state index is 13.2. The van der Waals surface area contributed by atoms with Crippen molar-refractivity contribution in [2.24, 2.45) is 0 Å². The molecule has 0 spiro atoms. The number of hydrogen-bond acceptors (Lipinski definition) is 4. The Morgan fingerprint density at radius 1 is 1.03 bits per heavy atom. The number of ether oxygens (including phenoxy) is 2. The molecule has 3 aromatic rings. The lowest BCUT2D eigenvalue weighted by Crippen LogP contribution is -2.32. The molecule has 160 valence electrons. The molecule has 1 heterocycles. The predicted molar refractivity (Wildman–Crippen MR) is 120 cm³/mol. The van der Waals surface area contributed by atoms with Crippen molar-refractivity contribution < 1.29 is 19.4 Å². The topological polar surface area (TPSA) is 59.0 Å². The number of nitrogens with zero attached hydrogens (tertiary/aromatic N) is 1. The number of carbonyl (C=O) groups excluding carboxylic acids is 1. The van der Waals surface area contributed by atoms with Crippen molar-refractivity contribution in [3.8, 4) is 11.5 Å². The van der Waals surface area contributed by atoms with E-state index in [1.807, 2.05) is 0 Å². The Morgan fingerprint density at radius 2 is 1.77 bits per heavy atom. The number of para-hydroxylation sites is 1. The van der Waals surface area contributed by atoms with Crippen LogP contribution in [0.1, 0.15) is 22.1 Å². The Hall–Kier alpha value is -2.44. The lowest BCUT2D eigenvalue weighted by Gasteiger charge is -2.24. The minimum atomic E-state index is -0.708. The highest BCUT2D eigenvalue weighted by atomic mass is 35.5. The van der Waals surface area contributed by atoms with E-state index in [2.05, 4.69) is 0 Å². The molecular weight excluding hydrogens is 461 g/mol. The van der Waals surface area contributed by atoms with E-state index in [1.165, 1.54) is 6.07 Å². The average Bonchev–Trinajstić information content (AvgIpc) is 3.19. The van der Waals surface area contributed by atoms with Crippen molar-refractivity contribution in [3.05, 3.63) is 92.9 Å². The second-order valence-corrected chi connectivity index (χ2v) is 8.27. The van der Waals surface area contributed by atoms with Gasteiger partial charge in [0, 0.05) is 10.6 Å². The van der Waals surface area contributed by atoms with Crippen molar-refractivity contribution in [2.75, 3.05) is 13.2 Å². The molecule has 1 aliphatic heterocycles. The SMILES string of the molecule is O=C(c1ccccc1O)N1C[C@@H](COc2ccc(Cl)cc2)OC1c1ccc(Cl)c(Cl)c1. The standard InChI is InChI=1S/C23H18Cl3NO4/c24-15-6-8-16(9-7-15)30-13-17-12-27(22(29)18-3-1-2-4-21(18)28)23(31-17)14-5-10-19(25)20(26)11-14/h1-11,17,23,28H,12-13H2/t17-,23?/m0/s1. The second-order valence-electron chi connectivity index (χ2n) is 7.02. The highest BCUT2D eigenvalue weighted by Crippen LogP contribution is 2.36. The first kappa shape index (κ1) is 21.8. The highest BCUT2D eigenvalue weighted by molar-refractivity contribution is 6.42. The smallest absolute Gasteiger partial charge is 0.260 e. The molecule has 0 bridgehead atoms. The Morgan fingerprint density at radius 3 is 2.48 bits per heavy atom. The molecule has 1 saturated heterocycles. The monoisotopic (exact) mass is 477 g/mol. The summed E-state index contributed by atoms with van der Waals surface area (Å²) in [6.45, 7) is 0.496. The highest BCUT2D eigenvalue weighted by Gasteiger charge is 2.38. The molecule has 5 nitrogen and oxygen atoms in total. The van der Waals surface area contributed by atoms with Crippen molar-refractivity contribution in [1.29, 1.82) is 0 Å². The van der Waals surface area contributed by atoms with E-state index < -0.39 is 12.3 Å². The summed E-state index contributed by atoms with van der Waals surface area (Å²) in [6, 6.07) is 18.5. The van der Waals surface area contributed by atoms with Gasteiger partial charge in [0.05, 0.1) is 22.2 Å². The van der Waals surface area contributed by atoms with Crippen molar-refractivity contribution in [3.63, 3.8) is 0 Å². The first-order valence-electron chi connectivity index (χ1n) is 9.50. The summed E-state index contributed by atoms with van der Waals surface area (Å²) in [5.74, 6) is 0.189. The fraction of sp³-hybridized carbons (Fsp3) is 0.174. The fourth-order valence-corrected chi connectivity index (χ4v) is 3.78. The summed E-state index contributed by atoms with van der Waals surface area (Å²) < 4.78 is 12.0. The van der Waals surface area contributed by atoms with E-state index in [4.69, 9.17) is 44.3 Å². The maximum Gasteiger partial charge on any atom is 0.260 e. The molecule has 0 aliphatic carbocycles. The first-order chi connectivity index (χ1) is 14.9. The van der Waals surface area contributed by atoms with Gasteiger partial charge in [-0.05, 0) is 48.5 Å². The molecule has 4 rings (SSSR count). The van der Waals surface area contributed by atoms with Crippen molar-refractivity contribution in [2.45, 2.75) is 12.3 Å². The van der Waals surface area contributed by atoms with Crippen LogP contribution in [0.25, 0.3) is 0 Å². The molecule has 2 atom stereocenters. The zero-order valence-electron chi connectivity index (χ0n) is 16.2. The zero-order valence-corrected chi connectivity index (χ0v) is 18.4. The van der Waals surface area contributed by atoms with Crippen molar-refractivity contribution in [1.82, 2.24) is 4.90 Å². The molecule has 1 aliphatic rings. The van der Waals surface area contributed by atoms with Gasteiger partial charge in [-0.25, -0.2) is 0 Å². The third-order valence-electron chi connectivity index (χ3n) is 4.88. The molecule has 1 N–H and O–H groups in total. The normalized spacial score (nSPS) is 18.2. The van der Waals surface area contributed by atoms with Crippen LogP contribution in [0.5, 0.6) is 11.5 Å².